The Balaban J connectivity index is 1.82. The summed E-state index contributed by atoms with van der Waals surface area (Å²) in [5.74, 6) is -0.263. The summed E-state index contributed by atoms with van der Waals surface area (Å²) in [6, 6.07) is 13.3. The monoisotopic (exact) mass is 616 g/mol. The van der Waals surface area contributed by atoms with Gasteiger partial charge in [-0.1, -0.05) is 36.4 Å². The van der Waals surface area contributed by atoms with Crippen molar-refractivity contribution in [3.05, 3.63) is 65.2 Å². The van der Waals surface area contributed by atoms with Crippen LogP contribution in [0, 0.1) is 0 Å². The second kappa shape index (κ2) is 11.2. The molecule has 5 rings (SSSR count). The molecule has 3 heterocycles. The lowest BCUT2D eigenvalue weighted by Crippen LogP contribution is -2.70. The lowest BCUT2D eigenvalue weighted by Gasteiger charge is -2.57. The Morgan fingerprint density at radius 3 is 2.29 bits per heavy atom. The Morgan fingerprint density at radius 2 is 1.67 bits per heavy atom. The van der Waals surface area contributed by atoms with Gasteiger partial charge < -0.3 is 25.0 Å². The van der Waals surface area contributed by atoms with E-state index >= 15 is 0 Å². The summed E-state index contributed by atoms with van der Waals surface area (Å²) in [6.07, 6.45) is 2.20. The second-order valence-electron chi connectivity index (χ2n) is 14.1. The predicted octanol–water partition coefficient (Wildman–Crippen LogP) is 5.43. The normalized spacial score (nSPS) is 23.8. The number of carbonyl (C=O) groups is 4. The number of allylic oxidation sites excluding steroid dienone is 1. The van der Waals surface area contributed by atoms with E-state index in [1.807, 2.05) is 75.2 Å². The number of hydrogen-bond acceptors (Lipinski definition) is 7. The van der Waals surface area contributed by atoms with Crippen molar-refractivity contribution >= 4 is 41.3 Å². The molecule has 1 fully saturated rings. The summed E-state index contributed by atoms with van der Waals surface area (Å²) >= 11 is 0. The highest BCUT2D eigenvalue weighted by Crippen LogP contribution is 2.65. The summed E-state index contributed by atoms with van der Waals surface area (Å²) in [6.45, 7) is 12.9. The minimum absolute atomic E-state index is 0.117. The van der Waals surface area contributed by atoms with Crippen molar-refractivity contribution in [3.8, 4) is 0 Å². The zero-order chi connectivity index (χ0) is 32.9. The van der Waals surface area contributed by atoms with Crippen LogP contribution in [0.25, 0.3) is 6.08 Å². The maximum Gasteiger partial charge on any atom is 0.416 e. The molecule has 3 amide bonds. The number of ketones is 1. The standard InChI is InChI=1S/C35H44N4O6/c1-22(40)16-17-23-12-11-15-26-27(23)35(19-21-37-30(42)44-32(2,3)4)29(38(26)8)39(31(43)45-33(5,6)7)25-14-10-9-13-24(25)34(35)18-20-36-28(34)41/h9-17,29H,18-21H2,1-8H3,(H,36,41)(H,37,42)/b17-16-/t29-,34-,35-/m0/s1. The van der Waals surface area contributed by atoms with Gasteiger partial charge in [-0.3, -0.25) is 14.5 Å². The fourth-order valence-corrected chi connectivity index (χ4v) is 7.48. The number of alkyl carbamates (subject to hydrolysis) is 1. The molecule has 45 heavy (non-hydrogen) atoms. The van der Waals surface area contributed by atoms with E-state index in [1.54, 1.807) is 31.7 Å². The fraction of sp³-hybridized carbons (Fsp3) is 0.486. The number of nitrogens with one attached hydrogen (secondary N) is 2. The molecular weight excluding hydrogens is 572 g/mol. The van der Waals surface area contributed by atoms with Gasteiger partial charge in [-0.2, -0.15) is 0 Å². The van der Waals surface area contributed by atoms with Gasteiger partial charge in [0.15, 0.2) is 5.78 Å². The number of para-hydroxylation sites is 1. The van der Waals surface area contributed by atoms with E-state index in [4.69, 9.17) is 9.47 Å². The third-order valence-electron chi connectivity index (χ3n) is 8.79. The summed E-state index contributed by atoms with van der Waals surface area (Å²) < 4.78 is 11.6. The number of fused-ring (bicyclic) bond motifs is 6. The molecule has 3 aliphatic heterocycles. The van der Waals surface area contributed by atoms with Crippen molar-refractivity contribution in [1.29, 1.82) is 0 Å². The number of nitrogens with zero attached hydrogens (tertiary/aromatic N) is 2. The molecule has 2 aromatic rings. The van der Waals surface area contributed by atoms with Gasteiger partial charge in [0, 0.05) is 25.8 Å². The van der Waals surface area contributed by atoms with E-state index in [9.17, 15) is 19.2 Å². The second-order valence-corrected chi connectivity index (χ2v) is 14.1. The van der Waals surface area contributed by atoms with Crippen molar-refractivity contribution in [3.63, 3.8) is 0 Å². The van der Waals surface area contributed by atoms with Crippen LogP contribution in [0.2, 0.25) is 0 Å². The molecule has 10 nitrogen and oxygen atoms in total. The molecule has 3 aliphatic rings. The highest BCUT2D eigenvalue weighted by Gasteiger charge is 2.72. The smallest absolute Gasteiger partial charge is 0.416 e. The third kappa shape index (κ3) is 5.34. The van der Waals surface area contributed by atoms with E-state index in [2.05, 4.69) is 10.6 Å². The molecule has 2 N–H and O–H groups in total. The molecule has 1 saturated heterocycles. The largest absolute Gasteiger partial charge is 0.444 e. The summed E-state index contributed by atoms with van der Waals surface area (Å²) in [4.78, 5) is 57.6. The summed E-state index contributed by atoms with van der Waals surface area (Å²) in [5.41, 5.74) is 0.0428. The van der Waals surface area contributed by atoms with Crippen LogP contribution in [0.5, 0.6) is 0 Å². The van der Waals surface area contributed by atoms with E-state index < -0.39 is 40.4 Å². The van der Waals surface area contributed by atoms with Gasteiger partial charge in [0.05, 0.1) is 16.5 Å². The van der Waals surface area contributed by atoms with E-state index in [0.29, 0.717) is 24.2 Å². The first-order valence-electron chi connectivity index (χ1n) is 15.5. The molecule has 3 atom stereocenters. The summed E-state index contributed by atoms with van der Waals surface area (Å²) in [7, 11) is 1.91. The third-order valence-corrected chi connectivity index (χ3v) is 8.79. The summed E-state index contributed by atoms with van der Waals surface area (Å²) in [5, 5.41) is 6.03. The van der Waals surface area contributed by atoms with Gasteiger partial charge in [0.25, 0.3) is 0 Å². The Labute approximate surface area is 265 Å². The Morgan fingerprint density at radius 1 is 1.00 bits per heavy atom. The van der Waals surface area contributed by atoms with Crippen molar-refractivity contribution in [2.75, 3.05) is 29.9 Å². The van der Waals surface area contributed by atoms with Crippen LogP contribution in [-0.4, -0.2) is 61.4 Å². The molecule has 10 heteroatoms. The molecule has 2 aromatic carbocycles. The van der Waals surface area contributed by atoms with Crippen LogP contribution >= 0.6 is 0 Å². The number of likely N-dealkylation sites (N-methyl/N-ethyl adjacent to an activating group) is 1. The quantitative estimate of drug-likeness (QED) is 0.430. The topological polar surface area (TPSA) is 117 Å². The van der Waals surface area contributed by atoms with Gasteiger partial charge in [-0.15, -0.1) is 0 Å². The average molecular weight is 617 g/mol. The Kier molecular flexibility index (Phi) is 8.00. The van der Waals surface area contributed by atoms with Crippen LogP contribution in [0.15, 0.2) is 48.5 Å². The SMILES string of the molecule is CC(=O)/C=C\c1cccc2c1[C@@]1(CCNC(=O)OC(C)(C)C)[C@@H](N2C)N(C(=O)OC(C)(C)C)c2ccccc2[C@]12CCNC2=O. The molecule has 1 spiro atoms. The molecule has 0 radical (unpaired) electrons. The number of carbonyl (C=O) groups excluding carboxylic acids is 4. The predicted molar refractivity (Wildman–Crippen MR) is 173 cm³/mol. The molecule has 0 aromatic heterocycles. The zero-order valence-electron chi connectivity index (χ0n) is 27.4. The Hall–Kier alpha value is -4.34. The molecular formula is C35H44N4O6. The first-order valence-corrected chi connectivity index (χ1v) is 15.5. The van der Waals surface area contributed by atoms with Crippen molar-refractivity contribution in [1.82, 2.24) is 10.6 Å². The van der Waals surface area contributed by atoms with E-state index in [1.165, 1.54) is 13.0 Å². The highest BCUT2D eigenvalue weighted by atomic mass is 16.6. The van der Waals surface area contributed by atoms with Crippen molar-refractivity contribution < 1.29 is 28.7 Å². The van der Waals surface area contributed by atoms with Crippen LogP contribution < -0.4 is 20.4 Å². The number of amides is 3. The van der Waals surface area contributed by atoms with Crippen molar-refractivity contribution in [2.45, 2.75) is 89.5 Å². The number of hydrogen-bond donors (Lipinski definition) is 2. The van der Waals surface area contributed by atoms with E-state index in [0.717, 1.165) is 16.8 Å². The zero-order valence-corrected chi connectivity index (χ0v) is 27.4. The minimum Gasteiger partial charge on any atom is -0.444 e. The minimum atomic E-state index is -1.12. The molecule has 0 bridgehead atoms. The lowest BCUT2D eigenvalue weighted by molar-refractivity contribution is -0.127. The maximum atomic E-state index is 14.5. The van der Waals surface area contributed by atoms with Gasteiger partial charge in [0.1, 0.15) is 17.4 Å². The van der Waals surface area contributed by atoms with Gasteiger partial charge in [0.2, 0.25) is 5.91 Å². The van der Waals surface area contributed by atoms with Crippen molar-refractivity contribution in [2.24, 2.45) is 0 Å². The van der Waals surface area contributed by atoms with Gasteiger partial charge in [-0.05, 0) is 96.2 Å². The lowest BCUT2D eigenvalue weighted by atomic mass is 9.51. The van der Waals surface area contributed by atoms with Crippen LogP contribution in [0.1, 0.15) is 78.0 Å². The molecule has 0 unspecified atom stereocenters. The number of ether oxygens (including phenoxy) is 2. The highest BCUT2D eigenvalue weighted by molar-refractivity contribution is 6.03. The fourth-order valence-electron chi connectivity index (χ4n) is 7.48. The first-order chi connectivity index (χ1) is 21.0. The van der Waals surface area contributed by atoms with Gasteiger partial charge >= 0.3 is 12.2 Å². The van der Waals surface area contributed by atoms with Crippen LogP contribution in [0.3, 0.4) is 0 Å². The van der Waals surface area contributed by atoms with Crippen LogP contribution in [0.4, 0.5) is 21.0 Å². The first kappa shape index (κ1) is 32.1. The van der Waals surface area contributed by atoms with Crippen LogP contribution in [-0.2, 0) is 29.9 Å². The number of rotatable bonds is 5. The number of anilines is 2. The Bertz CT molecular complexity index is 1570. The van der Waals surface area contributed by atoms with E-state index in [-0.39, 0.29) is 24.7 Å². The maximum absolute atomic E-state index is 14.5. The molecule has 240 valence electrons. The molecule has 0 aliphatic carbocycles. The number of benzene rings is 2. The molecule has 0 saturated carbocycles. The van der Waals surface area contributed by atoms with Gasteiger partial charge in [-0.25, -0.2) is 9.59 Å². The average Bonchev–Trinajstić information content (AvgIpc) is 3.43.